The molecule has 7 nitrogen and oxygen atoms in total. The van der Waals surface area contributed by atoms with E-state index in [0.717, 1.165) is 27.8 Å². The maximum absolute atomic E-state index is 14.4. The summed E-state index contributed by atoms with van der Waals surface area (Å²) in [6, 6.07) is 30.1. The summed E-state index contributed by atoms with van der Waals surface area (Å²) < 4.78 is 29.6. The Bertz CT molecular complexity index is 1640. The third kappa shape index (κ3) is 7.70. The first-order valence-electron chi connectivity index (χ1n) is 14.4. The molecule has 0 heterocycles. The molecule has 43 heavy (non-hydrogen) atoms. The molecule has 0 spiro atoms. The van der Waals surface area contributed by atoms with E-state index in [1.807, 2.05) is 94.4 Å². The summed E-state index contributed by atoms with van der Waals surface area (Å²) in [5.41, 5.74) is 4.73. The summed E-state index contributed by atoms with van der Waals surface area (Å²) >= 11 is 0. The van der Waals surface area contributed by atoms with E-state index in [2.05, 4.69) is 5.32 Å². The molecule has 0 aliphatic rings. The Kier molecular flexibility index (Phi) is 10.4. The smallest absolute Gasteiger partial charge is 0.264 e. The number of hydrogen-bond acceptors (Lipinski definition) is 4. The summed E-state index contributed by atoms with van der Waals surface area (Å²) in [6.07, 6.45) is 0.277. The number of likely N-dealkylation sites (N-methyl/N-ethyl adjacent to an activating group) is 1. The minimum atomic E-state index is -4.14. The van der Waals surface area contributed by atoms with Crippen molar-refractivity contribution in [2.75, 3.05) is 17.4 Å². The molecule has 4 aromatic rings. The Hall–Kier alpha value is -4.43. The van der Waals surface area contributed by atoms with Gasteiger partial charge in [0.25, 0.3) is 10.0 Å². The van der Waals surface area contributed by atoms with Crippen LogP contribution in [0.3, 0.4) is 0 Å². The Morgan fingerprint density at radius 1 is 0.767 bits per heavy atom. The largest absolute Gasteiger partial charge is 0.355 e. The predicted molar refractivity (Wildman–Crippen MR) is 171 cm³/mol. The van der Waals surface area contributed by atoms with Crippen LogP contribution in [0.15, 0.2) is 108 Å². The molecule has 0 aliphatic carbocycles. The Labute approximate surface area is 255 Å². The number of aryl methyl sites for hydroxylation is 2. The van der Waals surface area contributed by atoms with Crippen LogP contribution in [0, 0.1) is 20.8 Å². The molecule has 224 valence electrons. The molecule has 0 bridgehead atoms. The molecule has 0 radical (unpaired) electrons. The van der Waals surface area contributed by atoms with Gasteiger partial charge in [-0.1, -0.05) is 90.5 Å². The molecule has 0 fully saturated rings. The Morgan fingerprint density at radius 2 is 1.37 bits per heavy atom. The third-order valence-electron chi connectivity index (χ3n) is 7.55. The highest BCUT2D eigenvalue weighted by Crippen LogP contribution is 2.29. The molecule has 0 saturated heterocycles. The minimum absolute atomic E-state index is 0.0889. The number of nitrogens with zero attached hydrogens (tertiary/aromatic N) is 2. The minimum Gasteiger partial charge on any atom is -0.355 e. The number of amides is 2. The van der Waals surface area contributed by atoms with Gasteiger partial charge in [-0.15, -0.1) is 0 Å². The lowest BCUT2D eigenvalue weighted by atomic mass is 10.0. The fourth-order valence-electron chi connectivity index (χ4n) is 4.98. The lowest BCUT2D eigenvalue weighted by molar-refractivity contribution is -0.140. The lowest BCUT2D eigenvalue weighted by Gasteiger charge is -2.34. The zero-order valence-corrected chi connectivity index (χ0v) is 26.0. The second kappa shape index (κ2) is 14.2. The summed E-state index contributed by atoms with van der Waals surface area (Å²) in [5, 5.41) is 2.89. The highest BCUT2D eigenvalue weighted by Gasteiger charge is 2.35. The van der Waals surface area contributed by atoms with Crippen molar-refractivity contribution in [3.63, 3.8) is 0 Å². The van der Waals surface area contributed by atoms with Crippen molar-refractivity contribution >= 4 is 27.5 Å². The number of carbonyl (C=O) groups excluding carboxylic acids is 2. The van der Waals surface area contributed by atoms with Crippen molar-refractivity contribution in [2.24, 2.45) is 0 Å². The van der Waals surface area contributed by atoms with E-state index < -0.39 is 28.5 Å². The van der Waals surface area contributed by atoms with Gasteiger partial charge in [0, 0.05) is 19.5 Å². The highest BCUT2D eigenvalue weighted by molar-refractivity contribution is 7.92. The van der Waals surface area contributed by atoms with Gasteiger partial charge >= 0.3 is 0 Å². The monoisotopic (exact) mass is 597 g/mol. The van der Waals surface area contributed by atoms with Gasteiger partial charge in [-0.3, -0.25) is 13.9 Å². The zero-order valence-electron chi connectivity index (χ0n) is 25.2. The molecule has 4 rings (SSSR count). The lowest BCUT2D eigenvalue weighted by Crippen LogP contribution is -2.53. The maximum Gasteiger partial charge on any atom is 0.264 e. The van der Waals surface area contributed by atoms with Crippen molar-refractivity contribution < 1.29 is 18.0 Å². The number of rotatable bonds is 12. The second-order valence-electron chi connectivity index (χ2n) is 10.7. The molecule has 0 saturated carbocycles. The first-order chi connectivity index (χ1) is 20.6. The summed E-state index contributed by atoms with van der Waals surface area (Å²) in [6.45, 7) is 7.53. The standard InChI is InChI=1S/C35H39N3O4S/c1-5-36-35(40)33(23-29-14-8-6-9-15-29)37(24-30-16-10-7-11-17-30)34(39)25-38(32-18-12-13-27(3)28(32)4)43(41,42)31-21-19-26(2)20-22-31/h6-22,33H,5,23-25H2,1-4H3,(H,36,40)/t33-/m1/s1. The summed E-state index contributed by atoms with van der Waals surface area (Å²) in [5.74, 6) is -0.775. The van der Waals surface area contributed by atoms with E-state index in [-0.39, 0.29) is 23.8 Å². The molecular weight excluding hydrogens is 558 g/mol. The zero-order chi connectivity index (χ0) is 31.0. The summed E-state index contributed by atoms with van der Waals surface area (Å²) in [4.78, 5) is 29.6. The average molecular weight is 598 g/mol. The summed E-state index contributed by atoms with van der Waals surface area (Å²) in [7, 11) is -4.14. The SMILES string of the molecule is CCNC(=O)[C@@H](Cc1ccccc1)N(Cc1ccccc1)C(=O)CN(c1cccc(C)c1C)S(=O)(=O)c1ccc(C)cc1. The van der Waals surface area contributed by atoms with Gasteiger partial charge in [-0.05, 0) is 68.1 Å². The van der Waals surface area contributed by atoms with E-state index in [1.165, 1.54) is 9.21 Å². The van der Waals surface area contributed by atoms with Crippen LogP contribution in [0.5, 0.6) is 0 Å². The number of sulfonamides is 1. The van der Waals surface area contributed by atoms with Gasteiger partial charge in [-0.2, -0.15) is 0 Å². The van der Waals surface area contributed by atoms with Crippen molar-refractivity contribution in [1.82, 2.24) is 10.2 Å². The van der Waals surface area contributed by atoms with E-state index >= 15 is 0 Å². The van der Waals surface area contributed by atoms with E-state index in [1.54, 1.807) is 36.4 Å². The number of nitrogens with one attached hydrogen (secondary N) is 1. The fraction of sp³-hybridized carbons (Fsp3) is 0.257. The maximum atomic E-state index is 14.4. The number of hydrogen-bond donors (Lipinski definition) is 1. The van der Waals surface area contributed by atoms with Gasteiger partial charge < -0.3 is 10.2 Å². The van der Waals surface area contributed by atoms with Gasteiger partial charge in [0.05, 0.1) is 10.6 Å². The predicted octanol–water partition coefficient (Wildman–Crippen LogP) is 5.58. The van der Waals surface area contributed by atoms with Crippen molar-refractivity contribution in [3.8, 4) is 0 Å². The topological polar surface area (TPSA) is 86.8 Å². The van der Waals surface area contributed by atoms with Crippen LogP contribution in [0.2, 0.25) is 0 Å². The van der Waals surface area contributed by atoms with Crippen molar-refractivity contribution in [3.05, 3.63) is 131 Å². The number of anilines is 1. The Balaban J connectivity index is 1.81. The van der Waals surface area contributed by atoms with Crippen molar-refractivity contribution in [2.45, 2.75) is 51.6 Å². The van der Waals surface area contributed by atoms with Gasteiger partial charge in [0.2, 0.25) is 11.8 Å². The first-order valence-corrected chi connectivity index (χ1v) is 15.9. The van der Waals surface area contributed by atoms with Crippen LogP contribution in [0.25, 0.3) is 0 Å². The third-order valence-corrected chi connectivity index (χ3v) is 9.32. The van der Waals surface area contributed by atoms with E-state index in [4.69, 9.17) is 0 Å². The Morgan fingerprint density at radius 3 is 1.98 bits per heavy atom. The second-order valence-corrected chi connectivity index (χ2v) is 12.5. The first kappa shape index (κ1) is 31.5. The normalized spacial score (nSPS) is 11.9. The van der Waals surface area contributed by atoms with Crippen LogP contribution in [0.1, 0.15) is 34.7 Å². The molecule has 1 atom stereocenters. The quantitative estimate of drug-likeness (QED) is 0.231. The van der Waals surface area contributed by atoms with E-state index in [9.17, 15) is 18.0 Å². The molecule has 1 N–H and O–H groups in total. The average Bonchev–Trinajstić information content (AvgIpc) is 3.00. The molecule has 8 heteroatoms. The number of carbonyl (C=O) groups is 2. The van der Waals surface area contributed by atoms with E-state index in [0.29, 0.717) is 12.2 Å². The van der Waals surface area contributed by atoms with Crippen molar-refractivity contribution in [1.29, 1.82) is 0 Å². The van der Waals surface area contributed by atoms with Crippen LogP contribution < -0.4 is 9.62 Å². The number of benzene rings is 4. The van der Waals surface area contributed by atoms with Crippen LogP contribution in [-0.2, 0) is 32.6 Å². The van der Waals surface area contributed by atoms with Crippen LogP contribution in [-0.4, -0.2) is 44.3 Å². The fourth-order valence-corrected chi connectivity index (χ4v) is 6.45. The van der Waals surface area contributed by atoms with Gasteiger partial charge in [0.15, 0.2) is 0 Å². The highest BCUT2D eigenvalue weighted by atomic mass is 32.2. The van der Waals surface area contributed by atoms with Crippen LogP contribution >= 0.6 is 0 Å². The molecule has 4 aromatic carbocycles. The van der Waals surface area contributed by atoms with Crippen LogP contribution in [0.4, 0.5) is 5.69 Å². The molecular formula is C35H39N3O4S. The molecule has 0 aromatic heterocycles. The molecule has 0 aliphatic heterocycles. The molecule has 2 amide bonds. The molecule has 0 unspecified atom stereocenters. The van der Waals surface area contributed by atoms with Gasteiger partial charge in [-0.25, -0.2) is 8.42 Å². The van der Waals surface area contributed by atoms with Gasteiger partial charge in [0.1, 0.15) is 12.6 Å².